The molecule has 2 amide bonds. The molecule has 1 aromatic carbocycles. The number of rotatable bonds is 5. The Kier molecular flexibility index (Phi) is 7.42. The van der Waals surface area contributed by atoms with Crippen LogP contribution in [0.1, 0.15) is 36.2 Å². The standard InChI is InChI=1S/C19H29N3O5S/c1-5-22(6-2)28(25,26)16-9-8-15(3)17(14-16)18(23)20-10-7-11-21(13-12-20)19(24)27-4/h8-9,14H,5-7,10-13H2,1-4H3. The second-order valence-corrected chi connectivity index (χ2v) is 8.61. The minimum Gasteiger partial charge on any atom is -0.453 e. The average Bonchev–Trinajstić information content (AvgIpc) is 2.94. The molecule has 8 nitrogen and oxygen atoms in total. The molecule has 9 heteroatoms. The van der Waals surface area contributed by atoms with Gasteiger partial charge in [-0.25, -0.2) is 13.2 Å². The van der Waals surface area contributed by atoms with Crippen molar-refractivity contribution in [1.82, 2.24) is 14.1 Å². The van der Waals surface area contributed by atoms with E-state index in [2.05, 4.69) is 0 Å². The quantitative estimate of drug-likeness (QED) is 0.739. The van der Waals surface area contributed by atoms with E-state index in [-0.39, 0.29) is 10.8 Å². The minimum absolute atomic E-state index is 0.121. The van der Waals surface area contributed by atoms with E-state index in [1.807, 2.05) is 0 Å². The van der Waals surface area contributed by atoms with Gasteiger partial charge >= 0.3 is 6.09 Å². The molecule has 1 heterocycles. The summed E-state index contributed by atoms with van der Waals surface area (Å²) in [5, 5.41) is 0. The molecule has 1 aromatic rings. The molecule has 1 saturated heterocycles. The molecule has 156 valence electrons. The first-order chi connectivity index (χ1) is 13.3. The van der Waals surface area contributed by atoms with Crippen molar-refractivity contribution in [3.05, 3.63) is 29.3 Å². The molecule has 0 aliphatic carbocycles. The maximum atomic E-state index is 13.1. The third-order valence-electron chi connectivity index (χ3n) is 5.00. The Bertz CT molecular complexity index is 821. The smallest absolute Gasteiger partial charge is 0.409 e. The largest absolute Gasteiger partial charge is 0.453 e. The molecule has 1 fully saturated rings. The zero-order chi connectivity index (χ0) is 20.9. The van der Waals surface area contributed by atoms with Crippen LogP contribution in [-0.2, 0) is 14.8 Å². The molecule has 0 N–H and O–H groups in total. The van der Waals surface area contributed by atoms with E-state index >= 15 is 0 Å². The fraction of sp³-hybridized carbons (Fsp3) is 0.579. The second kappa shape index (κ2) is 9.38. The van der Waals surface area contributed by atoms with Crippen molar-refractivity contribution in [2.75, 3.05) is 46.4 Å². The molecule has 0 atom stereocenters. The van der Waals surface area contributed by atoms with Crippen molar-refractivity contribution in [2.45, 2.75) is 32.1 Å². The maximum Gasteiger partial charge on any atom is 0.409 e. The van der Waals surface area contributed by atoms with Gasteiger partial charge in [0.2, 0.25) is 10.0 Å². The highest BCUT2D eigenvalue weighted by Gasteiger charge is 2.27. The highest BCUT2D eigenvalue weighted by Crippen LogP contribution is 2.21. The van der Waals surface area contributed by atoms with Crippen molar-refractivity contribution >= 4 is 22.0 Å². The van der Waals surface area contributed by atoms with Crippen LogP contribution in [0.4, 0.5) is 4.79 Å². The summed E-state index contributed by atoms with van der Waals surface area (Å²) in [4.78, 5) is 28.2. The Balaban J connectivity index is 2.27. The van der Waals surface area contributed by atoms with Gasteiger partial charge in [-0.2, -0.15) is 4.31 Å². The molecule has 0 radical (unpaired) electrons. The highest BCUT2D eigenvalue weighted by atomic mass is 32.2. The third-order valence-corrected chi connectivity index (χ3v) is 7.04. The first-order valence-corrected chi connectivity index (χ1v) is 10.9. The van der Waals surface area contributed by atoms with Crippen LogP contribution >= 0.6 is 0 Å². The van der Waals surface area contributed by atoms with Gasteiger partial charge in [0.25, 0.3) is 5.91 Å². The van der Waals surface area contributed by atoms with Gasteiger partial charge in [-0.3, -0.25) is 4.79 Å². The van der Waals surface area contributed by atoms with E-state index in [4.69, 9.17) is 4.74 Å². The van der Waals surface area contributed by atoms with Crippen LogP contribution in [-0.4, -0.2) is 80.9 Å². The van der Waals surface area contributed by atoms with Crippen LogP contribution in [0.2, 0.25) is 0 Å². The fourth-order valence-corrected chi connectivity index (χ4v) is 4.79. The summed E-state index contributed by atoms with van der Waals surface area (Å²) in [6.45, 7) is 7.87. The van der Waals surface area contributed by atoms with E-state index in [0.29, 0.717) is 51.3 Å². The fourth-order valence-electron chi connectivity index (χ4n) is 3.31. The van der Waals surface area contributed by atoms with Crippen LogP contribution in [0, 0.1) is 6.92 Å². The van der Waals surface area contributed by atoms with E-state index in [1.54, 1.807) is 42.7 Å². The zero-order valence-corrected chi connectivity index (χ0v) is 17.8. The molecule has 1 aliphatic rings. The van der Waals surface area contributed by atoms with Crippen molar-refractivity contribution in [2.24, 2.45) is 0 Å². The number of sulfonamides is 1. The molecule has 0 spiro atoms. The number of carbonyl (C=O) groups excluding carboxylic acids is 2. The van der Waals surface area contributed by atoms with Gasteiger partial charge in [0.05, 0.1) is 12.0 Å². The van der Waals surface area contributed by atoms with Crippen molar-refractivity contribution in [1.29, 1.82) is 0 Å². The number of carbonyl (C=O) groups is 2. The monoisotopic (exact) mass is 411 g/mol. The summed E-state index contributed by atoms with van der Waals surface area (Å²) < 4.78 is 31.7. The number of hydrogen-bond acceptors (Lipinski definition) is 5. The Labute approximate surface area is 167 Å². The third kappa shape index (κ3) is 4.64. The summed E-state index contributed by atoms with van der Waals surface area (Å²) >= 11 is 0. The van der Waals surface area contributed by atoms with E-state index in [9.17, 15) is 18.0 Å². The summed E-state index contributed by atoms with van der Waals surface area (Å²) in [6.07, 6.45) is 0.231. The molecule has 1 aliphatic heterocycles. The number of hydrogen-bond donors (Lipinski definition) is 0. The van der Waals surface area contributed by atoms with Crippen LogP contribution in [0.15, 0.2) is 23.1 Å². The number of benzene rings is 1. The summed E-state index contributed by atoms with van der Waals surface area (Å²) in [7, 11) is -2.31. The lowest BCUT2D eigenvalue weighted by molar-refractivity contribution is 0.0756. The molecular weight excluding hydrogens is 382 g/mol. The first kappa shape index (κ1) is 22.2. The van der Waals surface area contributed by atoms with Gasteiger partial charge in [0.1, 0.15) is 0 Å². The van der Waals surface area contributed by atoms with Gasteiger partial charge in [0, 0.05) is 44.8 Å². The lowest BCUT2D eigenvalue weighted by Gasteiger charge is -2.23. The summed E-state index contributed by atoms with van der Waals surface area (Å²) in [6, 6.07) is 4.68. The Morgan fingerprint density at radius 3 is 2.29 bits per heavy atom. The maximum absolute atomic E-state index is 13.1. The predicted octanol–water partition coefficient (Wildman–Crippen LogP) is 1.94. The lowest BCUT2D eigenvalue weighted by atomic mass is 10.1. The molecule has 0 unspecified atom stereocenters. The van der Waals surface area contributed by atoms with Crippen molar-refractivity contribution < 1.29 is 22.7 Å². The molecule has 0 aromatic heterocycles. The van der Waals surface area contributed by atoms with Crippen molar-refractivity contribution in [3.8, 4) is 0 Å². The number of amides is 2. The average molecular weight is 412 g/mol. The molecular formula is C19H29N3O5S. The lowest BCUT2D eigenvalue weighted by Crippen LogP contribution is -2.37. The van der Waals surface area contributed by atoms with Crippen LogP contribution in [0.5, 0.6) is 0 Å². The topological polar surface area (TPSA) is 87.2 Å². The Morgan fingerprint density at radius 2 is 1.68 bits per heavy atom. The van der Waals surface area contributed by atoms with Crippen molar-refractivity contribution in [3.63, 3.8) is 0 Å². The SMILES string of the molecule is CCN(CC)S(=O)(=O)c1ccc(C)c(C(=O)N2CCCN(C(=O)OC)CC2)c1. The van der Waals surface area contributed by atoms with E-state index < -0.39 is 16.1 Å². The van der Waals surface area contributed by atoms with Gasteiger partial charge in [0.15, 0.2) is 0 Å². The van der Waals surface area contributed by atoms with Gasteiger partial charge in [-0.05, 0) is 31.0 Å². The van der Waals surface area contributed by atoms with Crippen LogP contribution in [0.25, 0.3) is 0 Å². The number of ether oxygens (including phenoxy) is 1. The van der Waals surface area contributed by atoms with E-state index in [0.717, 1.165) is 5.56 Å². The summed E-state index contributed by atoms with van der Waals surface area (Å²) in [5.74, 6) is -0.221. The molecule has 0 saturated carbocycles. The molecule has 0 bridgehead atoms. The Hall–Kier alpha value is -2.13. The predicted molar refractivity (Wildman–Crippen MR) is 106 cm³/mol. The number of nitrogens with zero attached hydrogens (tertiary/aromatic N) is 3. The molecule has 2 rings (SSSR count). The van der Waals surface area contributed by atoms with Gasteiger partial charge in [-0.1, -0.05) is 19.9 Å². The van der Waals surface area contributed by atoms with Crippen LogP contribution in [0.3, 0.4) is 0 Å². The minimum atomic E-state index is -3.64. The van der Waals surface area contributed by atoms with Crippen LogP contribution < -0.4 is 0 Å². The summed E-state index contributed by atoms with van der Waals surface area (Å²) in [5.41, 5.74) is 1.09. The highest BCUT2D eigenvalue weighted by molar-refractivity contribution is 7.89. The number of aryl methyl sites for hydroxylation is 1. The van der Waals surface area contributed by atoms with Gasteiger partial charge < -0.3 is 14.5 Å². The first-order valence-electron chi connectivity index (χ1n) is 9.49. The number of methoxy groups -OCH3 is 1. The normalized spacial score (nSPS) is 15.5. The zero-order valence-electron chi connectivity index (χ0n) is 17.0. The molecule has 28 heavy (non-hydrogen) atoms. The van der Waals surface area contributed by atoms with E-state index in [1.165, 1.54) is 17.5 Å². The second-order valence-electron chi connectivity index (χ2n) is 6.67. The Morgan fingerprint density at radius 1 is 1.07 bits per heavy atom. The van der Waals surface area contributed by atoms with Gasteiger partial charge in [-0.15, -0.1) is 0 Å².